The van der Waals surface area contributed by atoms with Crippen molar-refractivity contribution in [1.82, 2.24) is 15.1 Å². The molecule has 1 fully saturated rings. The third-order valence-electron chi connectivity index (χ3n) is 4.35. The summed E-state index contributed by atoms with van der Waals surface area (Å²) < 4.78 is 0. The molecule has 1 aliphatic heterocycles. The van der Waals surface area contributed by atoms with E-state index in [0.29, 0.717) is 6.54 Å². The first-order valence-corrected chi connectivity index (χ1v) is 8.39. The third kappa shape index (κ3) is 4.61. The SMILES string of the molecule is Cc1cc(C)c(N2CCN(C(=O)NCCN(C)C)CC2)c(C)c1. The fraction of sp³-hybridized carbons (Fsp3) is 0.611. The van der Waals surface area contributed by atoms with Gasteiger partial charge in [-0.2, -0.15) is 0 Å². The number of nitrogens with zero attached hydrogens (tertiary/aromatic N) is 3. The molecule has 1 aromatic rings. The Hall–Kier alpha value is -1.75. The zero-order valence-electron chi connectivity index (χ0n) is 15.1. The molecule has 2 amide bonds. The van der Waals surface area contributed by atoms with Gasteiger partial charge in [-0.1, -0.05) is 17.7 Å². The van der Waals surface area contributed by atoms with Crippen LogP contribution in [0.2, 0.25) is 0 Å². The van der Waals surface area contributed by atoms with Gasteiger partial charge >= 0.3 is 6.03 Å². The molecule has 0 aliphatic carbocycles. The van der Waals surface area contributed by atoms with E-state index in [1.807, 2.05) is 19.0 Å². The number of anilines is 1. The molecular weight excluding hydrogens is 288 g/mol. The smallest absolute Gasteiger partial charge is 0.317 e. The highest BCUT2D eigenvalue weighted by atomic mass is 16.2. The molecule has 2 rings (SSSR count). The van der Waals surface area contributed by atoms with Crippen molar-refractivity contribution in [2.45, 2.75) is 20.8 Å². The van der Waals surface area contributed by atoms with Crippen LogP contribution in [0.15, 0.2) is 12.1 Å². The maximum absolute atomic E-state index is 12.2. The van der Waals surface area contributed by atoms with Crippen molar-refractivity contribution >= 4 is 11.7 Å². The minimum atomic E-state index is 0.0591. The number of urea groups is 1. The molecule has 1 N–H and O–H groups in total. The number of aryl methyl sites for hydroxylation is 3. The van der Waals surface area contributed by atoms with Gasteiger partial charge in [0.15, 0.2) is 0 Å². The van der Waals surface area contributed by atoms with Crippen LogP contribution in [0.5, 0.6) is 0 Å². The number of rotatable bonds is 4. The van der Waals surface area contributed by atoms with Gasteiger partial charge in [0.25, 0.3) is 0 Å². The molecule has 0 spiro atoms. The number of hydrogen-bond acceptors (Lipinski definition) is 3. The Labute approximate surface area is 140 Å². The van der Waals surface area contributed by atoms with Gasteiger partial charge in [-0.25, -0.2) is 4.79 Å². The number of carbonyl (C=O) groups is 1. The number of piperazine rings is 1. The van der Waals surface area contributed by atoms with Gasteiger partial charge in [0.2, 0.25) is 0 Å². The molecule has 0 aromatic heterocycles. The largest absolute Gasteiger partial charge is 0.368 e. The molecule has 1 aliphatic rings. The average Bonchev–Trinajstić information content (AvgIpc) is 2.46. The molecule has 5 nitrogen and oxygen atoms in total. The van der Waals surface area contributed by atoms with Crippen LogP contribution in [0.1, 0.15) is 16.7 Å². The van der Waals surface area contributed by atoms with Crippen LogP contribution in [0, 0.1) is 20.8 Å². The topological polar surface area (TPSA) is 38.8 Å². The molecule has 1 aromatic carbocycles. The summed E-state index contributed by atoms with van der Waals surface area (Å²) >= 11 is 0. The first-order chi connectivity index (χ1) is 10.9. The zero-order valence-corrected chi connectivity index (χ0v) is 15.1. The lowest BCUT2D eigenvalue weighted by atomic mass is 10.0. The monoisotopic (exact) mass is 318 g/mol. The third-order valence-corrected chi connectivity index (χ3v) is 4.35. The van der Waals surface area contributed by atoms with Gasteiger partial charge in [0, 0.05) is 45.0 Å². The van der Waals surface area contributed by atoms with E-state index >= 15 is 0 Å². The molecular formula is C18H30N4O. The Morgan fingerprint density at radius 3 is 2.17 bits per heavy atom. The van der Waals surface area contributed by atoms with Crippen LogP contribution >= 0.6 is 0 Å². The Kier molecular flexibility index (Phi) is 5.88. The second-order valence-corrected chi connectivity index (χ2v) is 6.76. The van der Waals surface area contributed by atoms with Crippen LogP contribution in [-0.4, -0.2) is 69.2 Å². The normalized spacial score (nSPS) is 15.2. The van der Waals surface area contributed by atoms with Crippen LogP contribution in [0.3, 0.4) is 0 Å². The minimum absolute atomic E-state index is 0.0591. The molecule has 0 unspecified atom stereocenters. The summed E-state index contributed by atoms with van der Waals surface area (Å²) in [5.41, 5.74) is 5.30. The summed E-state index contributed by atoms with van der Waals surface area (Å²) in [4.78, 5) is 18.6. The van der Waals surface area contributed by atoms with Crippen LogP contribution in [0.25, 0.3) is 0 Å². The number of amides is 2. The molecule has 0 atom stereocenters. The van der Waals surface area contributed by atoms with Crippen molar-refractivity contribution in [3.05, 3.63) is 28.8 Å². The maximum atomic E-state index is 12.2. The molecule has 128 valence electrons. The van der Waals surface area contributed by atoms with Crippen molar-refractivity contribution in [2.75, 3.05) is 58.3 Å². The van der Waals surface area contributed by atoms with Crippen LogP contribution in [-0.2, 0) is 0 Å². The van der Waals surface area contributed by atoms with E-state index in [1.54, 1.807) is 0 Å². The van der Waals surface area contributed by atoms with Gasteiger partial charge in [0.05, 0.1) is 0 Å². The van der Waals surface area contributed by atoms with E-state index in [0.717, 1.165) is 32.7 Å². The lowest BCUT2D eigenvalue weighted by Gasteiger charge is -2.37. The number of nitrogens with one attached hydrogen (secondary N) is 1. The van der Waals surface area contributed by atoms with E-state index < -0.39 is 0 Å². The highest BCUT2D eigenvalue weighted by Gasteiger charge is 2.22. The van der Waals surface area contributed by atoms with Crippen molar-refractivity contribution < 1.29 is 4.79 Å². The fourth-order valence-corrected chi connectivity index (χ4v) is 3.30. The second kappa shape index (κ2) is 7.68. The molecule has 23 heavy (non-hydrogen) atoms. The number of benzene rings is 1. The summed E-state index contributed by atoms with van der Waals surface area (Å²) in [7, 11) is 4.02. The quantitative estimate of drug-likeness (QED) is 0.923. The van der Waals surface area contributed by atoms with E-state index in [-0.39, 0.29) is 6.03 Å². The number of likely N-dealkylation sites (N-methyl/N-ethyl adjacent to an activating group) is 1. The van der Waals surface area contributed by atoms with Gasteiger partial charge in [-0.05, 0) is 46.0 Å². The first kappa shape index (κ1) is 17.6. The summed E-state index contributed by atoms with van der Waals surface area (Å²) in [6, 6.07) is 4.54. The Bertz CT molecular complexity index is 525. The standard InChI is InChI=1S/C18H30N4O/c1-14-12-15(2)17(16(3)13-14)21-8-10-22(11-9-21)18(23)19-6-7-20(4)5/h12-13H,6-11H2,1-5H3,(H,19,23). The van der Waals surface area contributed by atoms with E-state index in [1.165, 1.54) is 22.4 Å². The van der Waals surface area contributed by atoms with Gasteiger partial charge in [-0.15, -0.1) is 0 Å². The lowest BCUT2D eigenvalue weighted by molar-refractivity contribution is 0.193. The summed E-state index contributed by atoms with van der Waals surface area (Å²) in [6.45, 7) is 11.4. The first-order valence-electron chi connectivity index (χ1n) is 8.39. The molecule has 1 saturated heterocycles. The van der Waals surface area contributed by atoms with Crippen molar-refractivity contribution in [1.29, 1.82) is 0 Å². The van der Waals surface area contributed by atoms with Crippen molar-refractivity contribution in [3.8, 4) is 0 Å². The maximum Gasteiger partial charge on any atom is 0.317 e. The summed E-state index contributed by atoms with van der Waals surface area (Å²) in [6.07, 6.45) is 0. The van der Waals surface area contributed by atoms with E-state index in [2.05, 4.69) is 48.0 Å². The van der Waals surface area contributed by atoms with Crippen LogP contribution < -0.4 is 10.2 Å². The highest BCUT2D eigenvalue weighted by molar-refractivity contribution is 5.74. The average molecular weight is 318 g/mol. The predicted octanol–water partition coefficient (Wildman–Crippen LogP) is 2.01. The molecule has 0 radical (unpaired) electrons. The number of hydrogen-bond donors (Lipinski definition) is 1. The van der Waals surface area contributed by atoms with Crippen LogP contribution in [0.4, 0.5) is 10.5 Å². The Balaban J connectivity index is 1.90. The molecule has 0 bridgehead atoms. The minimum Gasteiger partial charge on any atom is -0.368 e. The predicted molar refractivity (Wildman–Crippen MR) is 96.4 cm³/mol. The van der Waals surface area contributed by atoms with Gasteiger partial charge < -0.3 is 20.0 Å². The molecule has 1 heterocycles. The lowest BCUT2D eigenvalue weighted by Crippen LogP contribution is -2.52. The Morgan fingerprint density at radius 1 is 1.09 bits per heavy atom. The summed E-state index contributed by atoms with van der Waals surface area (Å²) in [5.74, 6) is 0. The van der Waals surface area contributed by atoms with E-state index in [4.69, 9.17) is 0 Å². The van der Waals surface area contributed by atoms with Gasteiger partial charge in [-0.3, -0.25) is 0 Å². The second-order valence-electron chi connectivity index (χ2n) is 6.76. The van der Waals surface area contributed by atoms with Crippen molar-refractivity contribution in [3.63, 3.8) is 0 Å². The Morgan fingerprint density at radius 2 is 1.65 bits per heavy atom. The fourth-order valence-electron chi connectivity index (χ4n) is 3.30. The summed E-state index contributed by atoms with van der Waals surface area (Å²) in [5, 5.41) is 3.00. The molecule has 5 heteroatoms. The molecule has 0 saturated carbocycles. The zero-order chi connectivity index (χ0) is 17.0. The van der Waals surface area contributed by atoms with Gasteiger partial charge in [0.1, 0.15) is 0 Å². The number of carbonyl (C=O) groups excluding carboxylic acids is 1. The van der Waals surface area contributed by atoms with Crippen molar-refractivity contribution in [2.24, 2.45) is 0 Å². The van der Waals surface area contributed by atoms with E-state index in [9.17, 15) is 4.79 Å². The highest BCUT2D eigenvalue weighted by Crippen LogP contribution is 2.27.